The fourth-order valence-electron chi connectivity index (χ4n) is 4.24. The number of fused-ring (bicyclic) bond motifs is 6. The molecule has 0 fully saturated rings. The van der Waals surface area contributed by atoms with Crippen LogP contribution in [0.4, 0.5) is 11.6 Å². The number of aromatic nitrogens is 2. The molecule has 6 bridgehead atoms. The molecule has 4 aromatic rings. The van der Waals surface area contributed by atoms with Crippen LogP contribution in [0.5, 0.6) is 0 Å². The quantitative estimate of drug-likeness (QED) is 0.375. The highest BCUT2D eigenvalue weighted by molar-refractivity contribution is 7.92. The molecule has 172 valence electrons. The number of hydrogen-bond acceptors (Lipinski definition) is 6. The largest absolute Gasteiger partial charge is 0.369 e. The third-order valence-electron chi connectivity index (χ3n) is 5.84. The van der Waals surface area contributed by atoms with Crippen LogP contribution in [0, 0.1) is 13.8 Å². The van der Waals surface area contributed by atoms with E-state index in [4.69, 9.17) is 0 Å². The molecule has 8 heteroatoms. The van der Waals surface area contributed by atoms with Crippen LogP contribution in [0.15, 0.2) is 77.7 Å². The van der Waals surface area contributed by atoms with Crippen molar-refractivity contribution < 1.29 is 13.5 Å². The van der Waals surface area contributed by atoms with E-state index in [-0.39, 0.29) is 10.8 Å². The number of sulfonamides is 1. The van der Waals surface area contributed by atoms with E-state index in [1.807, 2.05) is 62.4 Å². The lowest BCUT2D eigenvalue weighted by Gasteiger charge is -2.18. The Morgan fingerprint density at radius 3 is 2.44 bits per heavy atom. The van der Waals surface area contributed by atoms with E-state index < -0.39 is 16.3 Å². The highest BCUT2D eigenvalue weighted by atomic mass is 32.2. The Morgan fingerprint density at radius 2 is 1.65 bits per heavy atom. The lowest BCUT2D eigenvalue weighted by atomic mass is 9.98. The van der Waals surface area contributed by atoms with Gasteiger partial charge >= 0.3 is 0 Å². The van der Waals surface area contributed by atoms with Crippen molar-refractivity contribution in [2.24, 2.45) is 0 Å². The number of rotatable bonds is 1. The van der Waals surface area contributed by atoms with Gasteiger partial charge in [0.1, 0.15) is 0 Å². The molecule has 1 aromatic heterocycles. The van der Waals surface area contributed by atoms with E-state index in [0.717, 1.165) is 22.3 Å². The molecule has 5 rings (SSSR count). The van der Waals surface area contributed by atoms with Gasteiger partial charge in [-0.25, -0.2) is 23.1 Å². The van der Waals surface area contributed by atoms with E-state index in [2.05, 4.69) is 20.0 Å². The lowest BCUT2D eigenvalue weighted by Crippen LogP contribution is -2.17. The van der Waals surface area contributed by atoms with Crippen molar-refractivity contribution in [1.82, 2.24) is 9.97 Å². The van der Waals surface area contributed by atoms with Gasteiger partial charge in [0.25, 0.3) is 10.0 Å². The molecule has 0 saturated heterocycles. The maximum atomic E-state index is 13.2. The van der Waals surface area contributed by atoms with Crippen molar-refractivity contribution in [3.05, 3.63) is 101 Å². The van der Waals surface area contributed by atoms with Crippen LogP contribution in [-0.2, 0) is 16.4 Å². The van der Waals surface area contributed by atoms with Crippen molar-refractivity contribution >= 4 is 21.7 Å². The summed E-state index contributed by atoms with van der Waals surface area (Å²) in [5, 5.41) is 13.7. The Labute approximate surface area is 198 Å². The summed E-state index contributed by atoms with van der Waals surface area (Å²) in [6.07, 6.45) is -0.555. The van der Waals surface area contributed by atoms with Crippen molar-refractivity contribution in [2.75, 3.05) is 10.0 Å². The van der Waals surface area contributed by atoms with Gasteiger partial charge in [-0.3, -0.25) is 0 Å². The van der Waals surface area contributed by atoms with Gasteiger partial charge in [-0.15, -0.1) is 0 Å². The minimum atomic E-state index is -3.96. The van der Waals surface area contributed by atoms with Gasteiger partial charge in [-0.05, 0) is 54.8 Å². The van der Waals surface area contributed by atoms with Crippen LogP contribution in [0.2, 0.25) is 0 Å². The second-order valence-electron chi connectivity index (χ2n) is 8.44. The Kier molecular flexibility index (Phi) is 5.55. The molecule has 3 aromatic carbocycles. The molecule has 1 unspecified atom stereocenters. The monoisotopic (exact) mass is 472 g/mol. The standard InChI is InChI=1S/C26H24N4O3S/c1-16-6-3-7-17(2)24(16)23-15-21-13-18-8-4-9-19(12-18)25(31)27-20-10-5-11-22(14-20)34(32,33)30-26(28-21)29-23/h3-12,14-15,25,27,31H,13H2,1-2H3,(H,28,29,30). The summed E-state index contributed by atoms with van der Waals surface area (Å²) < 4.78 is 28.9. The molecule has 0 aliphatic carbocycles. The highest BCUT2D eigenvalue weighted by Gasteiger charge is 2.20. The van der Waals surface area contributed by atoms with Crippen LogP contribution in [0.25, 0.3) is 11.3 Å². The molecular weight excluding hydrogens is 448 g/mol. The molecule has 2 heterocycles. The molecule has 34 heavy (non-hydrogen) atoms. The third kappa shape index (κ3) is 4.37. The van der Waals surface area contributed by atoms with Crippen LogP contribution >= 0.6 is 0 Å². The number of anilines is 2. The maximum absolute atomic E-state index is 13.2. The van der Waals surface area contributed by atoms with E-state index in [1.54, 1.807) is 12.1 Å². The number of aryl methyl sites for hydroxylation is 2. The Hall–Kier alpha value is -3.75. The number of aliphatic hydroxyl groups is 1. The molecular formula is C26H24N4O3S. The second kappa shape index (κ2) is 8.55. The van der Waals surface area contributed by atoms with Gasteiger partial charge in [-0.2, -0.15) is 0 Å². The first-order chi connectivity index (χ1) is 16.3. The summed E-state index contributed by atoms with van der Waals surface area (Å²) in [7, 11) is -3.96. The molecule has 0 spiro atoms. The summed E-state index contributed by atoms with van der Waals surface area (Å²) in [5.74, 6) is 0.0155. The van der Waals surface area contributed by atoms with Crippen LogP contribution in [0.1, 0.15) is 34.2 Å². The van der Waals surface area contributed by atoms with E-state index >= 15 is 0 Å². The Morgan fingerprint density at radius 1 is 0.912 bits per heavy atom. The zero-order valence-corrected chi connectivity index (χ0v) is 19.6. The van der Waals surface area contributed by atoms with E-state index in [1.165, 1.54) is 12.1 Å². The minimum absolute atomic E-state index is 0.0155. The molecule has 0 radical (unpaired) electrons. The summed E-state index contributed by atoms with van der Waals surface area (Å²) in [6.45, 7) is 4.01. The first-order valence-corrected chi connectivity index (χ1v) is 12.4. The fourth-order valence-corrected chi connectivity index (χ4v) is 5.23. The van der Waals surface area contributed by atoms with Crippen LogP contribution in [-0.4, -0.2) is 23.5 Å². The minimum Gasteiger partial charge on any atom is -0.369 e. The zero-order chi connectivity index (χ0) is 23.9. The average molecular weight is 473 g/mol. The van der Waals surface area contributed by atoms with Crippen molar-refractivity contribution in [2.45, 2.75) is 31.4 Å². The predicted molar refractivity (Wildman–Crippen MR) is 132 cm³/mol. The van der Waals surface area contributed by atoms with Crippen LogP contribution in [0.3, 0.4) is 0 Å². The highest BCUT2D eigenvalue weighted by Crippen LogP contribution is 2.29. The van der Waals surface area contributed by atoms with Crippen molar-refractivity contribution in [3.8, 4) is 11.3 Å². The SMILES string of the molecule is Cc1cccc(C)c1-c1cc2nc(n1)NS(=O)(=O)c1cccc(c1)NC(O)c1cccc(c1)C2. The van der Waals surface area contributed by atoms with E-state index in [9.17, 15) is 13.5 Å². The molecule has 0 saturated carbocycles. The summed E-state index contributed by atoms with van der Waals surface area (Å²) in [6, 6.07) is 21.7. The first-order valence-electron chi connectivity index (χ1n) is 10.9. The Balaban J connectivity index is 1.72. The number of hydrogen-bond donors (Lipinski definition) is 3. The normalized spacial score (nSPS) is 16.6. The van der Waals surface area contributed by atoms with Gasteiger partial charge in [0.2, 0.25) is 5.95 Å². The third-order valence-corrected chi connectivity index (χ3v) is 7.17. The number of nitrogens with one attached hydrogen (secondary N) is 2. The van der Waals surface area contributed by atoms with Gasteiger partial charge in [0.15, 0.2) is 6.23 Å². The lowest BCUT2D eigenvalue weighted by molar-refractivity contribution is 0.208. The number of aliphatic hydroxyl groups excluding tert-OH is 1. The average Bonchev–Trinajstić information content (AvgIpc) is 2.78. The molecule has 3 N–H and O–H groups in total. The molecule has 1 atom stereocenters. The topological polar surface area (TPSA) is 104 Å². The molecule has 1 aliphatic rings. The summed E-state index contributed by atoms with van der Waals surface area (Å²) in [4.78, 5) is 9.16. The summed E-state index contributed by atoms with van der Waals surface area (Å²) >= 11 is 0. The zero-order valence-electron chi connectivity index (χ0n) is 18.8. The second-order valence-corrected chi connectivity index (χ2v) is 10.1. The van der Waals surface area contributed by atoms with Gasteiger partial charge in [-0.1, -0.05) is 48.5 Å². The smallest absolute Gasteiger partial charge is 0.264 e. The molecule has 1 aliphatic heterocycles. The first kappa shape index (κ1) is 22.1. The summed E-state index contributed by atoms with van der Waals surface area (Å²) in [5.41, 5.74) is 6.42. The molecule has 7 nitrogen and oxygen atoms in total. The van der Waals surface area contributed by atoms with Crippen molar-refractivity contribution in [1.29, 1.82) is 0 Å². The molecule has 0 amide bonds. The maximum Gasteiger partial charge on any atom is 0.264 e. The number of benzene rings is 3. The van der Waals surface area contributed by atoms with Gasteiger partial charge < -0.3 is 10.4 Å². The number of nitrogens with zero attached hydrogens (tertiary/aromatic N) is 2. The van der Waals surface area contributed by atoms with Crippen molar-refractivity contribution in [3.63, 3.8) is 0 Å². The van der Waals surface area contributed by atoms with Gasteiger partial charge in [0.05, 0.1) is 16.3 Å². The van der Waals surface area contributed by atoms with E-state index in [0.29, 0.717) is 29.1 Å². The Bertz CT molecular complexity index is 1480. The van der Waals surface area contributed by atoms with Crippen LogP contribution < -0.4 is 10.0 Å². The van der Waals surface area contributed by atoms with Gasteiger partial charge in [0, 0.05) is 23.2 Å². The predicted octanol–water partition coefficient (Wildman–Crippen LogP) is 4.57. The fraction of sp³-hybridized carbons (Fsp3) is 0.154.